The predicted octanol–water partition coefficient (Wildman–Crippen LogP) is 3.62. The van der Waals surface area contributed by atoms with Crippen LogP contribution >= 0.6 is 11.8 Å². The third-order valence-corrected chi connectivity index (χ3v) is 3.74. The maximum atomic E-state index is 10.0. The number of nitriles is 1. The highest BCUT2D eigenvalue weighted by molar-refractivity contribution is 8.03. The maximum Gasteiger partial charge on any atom is 0.138 e. The van der Waals surface area contributed by atoms with E-state index in [4.69, 9.17) is 5.26 Å². The number of thiocyanates is 1. The van der Waals surface area contributed by atoms with Gasteiger partial charge in [0.15, 0.2) is 0 Å². The zero-order chi connectivity index (χ0) is 12.3. The molecule has 0 amide bonds. The molecule has 0 unspecified atom stereocenters. The zero-order valence-electron chi connectivity index (χ0n) is 9.79. The van der Waals surface area contributed by atoms with Crippen LogP contribution in [0.15, 0.2) is 17.6 Å². The molecule has 84 valence electrons. The lowest BCUT2D eigenvalue weighted by atomic mass is 9.97. The molecule has 1 aromatic rings. The van der Waals surface area contributed by atoms with Crippen LogP contribution in [-0.4, -0.2) is 5.11 Å². The summed E-state index contributed by atoms with van der Waals surface area (Å²) >= 11 is 1.15. The largest absolute Gasteiger partial charge is 0.507 e. The van der Waals surface area contributed by atoms with Gasteiger partial charge in [0, 0.05) is 10.5 Å². The van der Waals surface area contributed by atoms with Gasteiger partial charge in [-0.1, -0.05) is 6.08 Å². The summed E-state index contributed by atoms with van der Waals surface area (Å²) in [5.74, 6) is 0.331. The summed E-state index contributed by atoms with van der Waals surface area (Å²) in [4.78, 5) is 0.953. The third-order valence-electron chi connectivity index (χ3n) is 2.83. The lowest BCUT2D eigenvalue weighted by Crippen LogP contribution is -1.97. The summed E-state index contributed by atoms with van der Waals surface area (Å²) < 4.78 is 0. The first-order valence-corrected chi connectivity index (χ1v) is 5.84. The third kappa shape index (κ3) is 2.07. The molecule has 0 fully saturated rings. The Bertz CT molecular complexity index is 472. The van der Waals surface area contributed by atoms with Gasteiger partial charge in [0.25, 0.3) is 0 Å². The van der Waals surface area contributed by atoms with Crippen LogP contribution in [0.5, 0.6) is 5.75 Å². The minimum absolute atomic E-state index is 0.331. The van der Waals surface area contributed by atoms with Crippen molar-refractivity contribution in [1.29, 1.82) is 5.26 Å². The fourth-order valence-electron chi connectivity index (χ4n) is 1.76. The number of hydrogen-bond donors (Lipinski definition) is 1. The highest BCUT2D eigenvalue weighted by atomic mass is 32.2. The van der Waals surface area contributed by atoms with Gasteiger partial charge >= 0.3 is 0 Å². The summed E-state index contributed by atoms with van der Waals surface area (Å²) in [7, 11) is 0. The van der Waals surface area contributed by atoms with Crippen molar-refractivity contribution in [2.24, 2.45) is 0 Å². The average molecular weight is 233 g/mol. The van der Waals surface area contributed by atoms with E-state index in [1.54, 1.807) is 6.08 Å². The number of rotatable bonds is 3. The van der Waals surface area contributed by atoms with E-state index in [2.05, 4.69) is 12.0 Å². The van der Waals surface area contributed by atoms with Crippen molar-refractivity contribution in [2.45, 2.75) is 32.1 Å². The highest BCUT2D eigenvalue weighted by Crippen LogP contribution is 2.37. The molecule has 0 bridgehead atoms. The molecule has 0 saturated carbocycles. The second kappa shape index (κ2) is 5.09. The Labute approximate surface area is 101 Å². The maximum absolute atomic E-state index is 10.0. The van der Waals surface area contributed by atoms with Crippen molar-refractivity contribution in [3.05, 3.63) is 34.9 Å². The van der Waals surface area contributed by atoms with E-state index in [1.807, 2.05) is 20.8 Å². The van der Waals surface area contributed by atoms with Crippen LogP contribution in [0.3, 0.4) is 0 Å². The quantitative estimate of drug-likeness (QED) is 0.492. The van der Waals surface area contributed by atoms with Gasteiger partial charge < -0.3 is 5.11 Å². The van der Waals surface area contributed by atoms with Crippen LogP contribution in [0, 0.1) is 31.4 Å². The molecule has 0 aromatic heterocycles. The summed E-state index contributed by atoms with van der Waals surface area (Å²) in [6.07, 6.45) is 2.38. The Morgan fingerprint density at radius 1 is 1.31 bits per heavy atom. The van der Waals surface area contributed by atoms with E-state index >= 15 is 0 Å². The molecule has 1 N–H and O–H groups in total. The van der Waals surface area contributed by atoms with Gasteiger partial charge in [-0.25, -0.2) is 0 Å². The smallest absolute Gasteiger partial charge is 0.138 e. The van der Waals surface area contributed by atoms with Crippen molar-refractivity contribution in [2.75, 3.05) is 0 Å². The number of phenolic OH excluding ortho intramolecular Hbond substituents is 1. The van der Waals surface area contributed by atoms with Crippen molar-refractivity contribution in [3.63, 3.8) is 0 Å². The van der Waals surface area contributed by atoms with E-state index < -0.39 is 0 Å². The van der Waals surface area contributed by atoms with Crippen molar-refractivity contribution < 1.29 is 5.11 Å². The topological polar surface area (TPSA) is 44.0 Å². The molecule has 1 rings (SSSR count). The molecule has 16 heavy (non-hydrogen) atoms. The minimum Gasteiger partial charge on any atom is -0.507 e. The lowest BCUT2D eigenvalue weighted by Gasteiger charge is -2.16. The molecule has 0 aliphatic carbocycles. The van der Waals surface area contributed by atoms with Gasteiger partial charge in [-0.3, -0.25) is 0 Å². The van der Waals surface area contributed by atoms with Crippen LogP contribution in [0.1, 0.15) is 22.3 Å². The van der Waals surface area contributed by atoms with Crippen molar-refractivity contribution >= 4 is 11.8 Å². The number of phenols is 1. The van der Waals surface area contributed by atoms with Gasteiger partial charge in [0.2, 0.25) is 0 Å². The molecule has 0 radical (unpaired) electrons. The second-order valence-corrected chi connectivity index (χ2v) is 4.51. The summed E-state index contributed by atoms with van der Waals surface area (Å²) in [6, 6.07) is 0. The lowest BCUT2D eigenvalue weighted by molar-refractivity contribution is 0.463. The monoisotopic (exact) mass is 233 g/mol. The van der Waals surface area contributed by atoms with Crippen LogP contribution in [0.25, 0.3) is 0 Å². The second-order valence-electron chi connectivity index (χ2n) is 3.72. The molecule has 0 saturated heterocycles. The van der Waals surface area contributed by atoms with Crippen LogP contribution < -0.4 is 0 Å². The molecule has 3 heteroatoms. The van der Waals surface area contributed by atoms with E-state index in [0.717, 1.165) is 38.9 Å². The van der Waals surface area contributed by atoms with Crippen molar-refractivity contribution in [1.82, 2.24) is 0 Å². The Morgan fingerprint density at radius 2 is 1.94 bits per heavy atom. The first-order chi connectivity index (χ1) is 7.54. The minimum atomic E-state index is 0.331. The predicted molar refractivity (Wildman–Crippen MR) is 67.7 cm³/mol. The molecular formula is C13H15NOS. The molecular weight excluding hydrogens is 218 g/mol. The molecule has 2 nitrogen and oxygen atoms in total. The highest BCUT2D eigenvalue weighted by Gasteiger charge is 2.16. The summed E-state index contributed by atoms with van der Waals surface area (Å²) in [6.45, 7) is 9.42. The fourth-order valence-corrected chi connectivity index (χ4v) is 2.44. The SMILES string of the molecule is C=CCc1c(C)c(SC#N)c(C)c(C)c1O. The molecule has 0 atom stereocenters. The Hall–Kier alpha value is -1.40. The number of thioether (sulfide) groups is 1. The van der Waals surface area contributed by atoms with Crippen molar-refractivity contribution in [3.8, 4) is 11.2 Å². The number of aromatic hydroxyl groups is 1. The van der Waals surface area contributed by atoms with Gasteiger partial charge in [0.1, 0.15) is 11.2 Å². The molecule has 0 aliphatic heterocycles. The first kappa shape index (κ1) is 12.7. The number of nitrogens with zero attached hydrogens (tertiary/aromatic N) is 1. The Morgan fingerprint density at radius 3 is 2.44 bits per heavy atom. The zero-order valence-corrected chi connectivity index (χ0v) is 10.6. The average Bonchev–Trinajstić information content (AvgIpc) is 2.28. The van der Waals surface area contributed by atoms with Gasteiger partial charge in [-0.2, -0.15) is 5.26 Å². The number of benzene rings is 1. The van der Waals surface area contributed by atoms with Crippen LogP contribution in [0.4, 0.5) is 0 Å². The standard InChI is InChI=1S/C13H15NOS/c1-5-6-11-10(4)13(16-7-14)9(3)8(2)12(11)15/h5,15H,1,6H2,2-4H3. The van der Waals surface area contributed by atoms with E-state index in [-0.39, 0.29) is 0 Å². The van der Waals surface area contributed by atoms with Gasteiger partial charge in [0.05, 0.1) is 0 Å². The summed E-state index contributed by atoms with van der Waals surface area (Å²) in [5.41, 5.74) is 3.68. The Balaban J connectivity index is 3.52. The first-order valence-electron chi connectivity index (χ1n) is 5.03. The van der Waals surface area contributed by atoms with E-state index in [1.165, 1.54) is 0 Å². The van der Waals surface area contributed by atoms with Gasteiger partial charge in [-0.05, 0) is 55.6 Å². The van der Waals surface area contributed by atoms with Gasteiger partial charge in [-0.15, -0.1) is 6.58 Å². The molecule has 0 heterocycles. The molecule has 0 aliphatic rings. The number of hydrogen-bond acceptors (Lipinski definition) is 3. The van der Waals surface area contributed by atoms with Crippen LogP contribution in [0.2, 0.25) is 0 Å². The number of allylic oxidation sites excluding steroid dienone is 1. The fraction of sp³-hybridized carbons (Fsp3) is 0.308. The molecule has 0 spiro atoms. The Kier molecular flexibility index (Phi) is 4.03. The normalized spacial score (nSPS) is 9.88. The van der Waals surface area contributed by atoms with E-state index in [0.29, 0.717) is 12.2 Å². The van der Waals surface area contributed by atoms with E-state index in [9.17, 15) is 5.11 Å². The van der Waals surface area contributed by atoms with Crippen LogP contribution in [-0.2, 0) is 6.42 Å². The molecule has 1 aromatic carbocycles. The summed E-state index contributed by atoms with van der Waals surface area (Å²) in [5, 5.41) is 20.9.